The fourth-order valence-electron chi connectivity index (χ4n) is 3.37. The second-order valence-corrected chi connectivity index (χ2v) is 7.34. The highest BCUT2D eigenvalue weighted by atomic mass is 35.5. The lowest BCUT2D eigenvalue weighted by Crippen LogP contribution is -2.32. The first-order valence-electron chi connectivity index (χ1n) is 9.49. The molecule has 156 valence electrons. The van der Waals surface area contributed by atoms with Crippen LogP contribution >= 0.6 is 11.6 Å². The van der Waals surface area contributed by atoms with Crippen LogP contribution in [0.25, 0.3) is 5.57 Å². The first kappa shape index (κ1) is 20.6. The van der Waals surface area contributed by atoms with E-state index in [1.54, 1.807) is 60.7 Å². The monoisotopic (exact) mass is 436 g/mol. The summed E-state index contributed by atoms with van der Waals surface area (Å²) in [7, 11) is 1.53. The highest BCUT2D eigenvalue weighted by Gasteiger charge is 2.39. The zero-order valence-electron chi connectivity index (χ0n) is 16.6. The lowest BCUT2D eigenvalue weighted by atomic mass is 10.0. The average molecular weight is 437 g/mol. The topological polar surface area (TPSA) is 58.6 Å². The van der Waals surface area contributed by atoms with Crippen molar-refractivity contribution in [1.29, 1.82) is 0 Å². The van der Waals surface area contributed by atoms with Gasteiger partial charge >= 0.3 is 0 Å². The zero-order valence-corrected chi connectivity index (χ0v) is 17.3. The number of hydrogen-bond acceptors (Lipinski definition) is 4. The molecule has 3 aromatic carbocycles. The maximum Gasteiger partial charge on any atom is 0.278 e. The Morgan fingerprint density at radius 2 is 1.61 bits per heavy atom. The van der Waals surface area contributed by atoms with Crippen molar-refractivity contribution in [2.75, 3.05) is 12.4 Å². The maximum absolute atomic E-state index is 13.3. The summed E-state index contributed by atoms with van der Waals surface area (Å²) < 4.78 is 18.6. The van der Waals surface area contributed by atoms with E-state index in [1.807, 2.05) is 0 Å². The molecule has 4 rings (SSSR count). The number of amides is 2. The Kier molecular flexibility index (Phi) is 5.73. The van der Waals surface area contributed by atoms with Crippen molar-refractivity contribution in [3.8, 4) is 5.75 Å². The zero-order chi connectivity index (χ0) is 22.0. The maximum atomic E-state index is 13.3. The first-order chi connectivity index (χ1) is 15.0. The minimum atomic E-state index is -0.481. The summed E-state index contributed by atoms with van der Waals surface area (Å²) in [6.07, 6.45) is 0. The molecular weight excluding hydrogens is 419 g/mol. The van der Waals surface area contributed by atoms with E-state index in [2.05, 4.69) is 5.32 Å². The number of ether oxygens (including phenoxy) is 1. The number of imide groups is 1. The molecule has 0 aromatic heterocycles. The van der Waals surface area contributed by atoms with Gasteiger partial charge in [-0.2, -0.15) is 0 Å². The number of halogens is 2. The highest BCUT2D eigenvalue weighted by Crippen LogP contribution is 2.34. The molecule has 2 amide bonds. The number of para-hydroxylation sites is 2. The second kappa shape index (κ2) is 8.62. The Morgan fingerprint density at radius 1 is 0.935 bits per heavy atom. The predicted molar refractivity (Wildman–Crippen MR) is 117 cm³/mol. The summed E-state index contributed by atoms with van der Waals surface area (Å²) in [5.74, 6) is -0.789. The Morgan fingerprint density at radius 3 is 2.29 bits per heavy atom. The molecule has 3 aromatic rings. The minimum Gasteiger partial charge on any atom is -0.495 e. The molecule has 0 radical (unpaired) electrons. The van der Waals surface area contributed by atoms with Gasteiger partial charge in [-0.1, -0.05) is 48.0 Å². The third-order valence-electron chi connectivity index (χ3n) is 4.92. The van der Waals surface area contributed by atoms with E-state index >= 15 is 0 Å². The molecule has 0 atom stereocenters. The molecule has 0 bridgehead atoms. The molecule has 0 fully saturated rings. The van der Waals surface area contributed by atoms with E-state index < -0.39 is 11.8 Å². The SMILES string of the molecule is COc1ccccc1NC1=C(c2ccc(Cl)cc2)C(=O)N(Cc2ccc(F)cc2)C1=O. The molecular formula is C24H18ClFN2O3. The molecule has 0 unspecified atom stereocenters. The van der Waals surface area contributed by atoms with Crippen LogP contribution in [0.15, 0.2) is 78.5 Å². The van der Waals surface area contributed by atoms with Crippen molar-refractivity contribution in [2.24, 2.45) is 0 Å². The molecule has 1 aliphatic heterocycles. The van der Waals surface area contributed by atoms with Crippen LogP contribution in [0.4, 0.5) is 10.1 Å². The predicted octanol–water partition coefficient (Wildman–Crippen LogP) is 4.88. The number of carbonyl (C=O) groups excluding carboxylic acids is 2. The number of hydrogen-bond donors (Lipinski definition) is 1. The van der Waals surface area contributed by atoms with Crippen molar-refractivity contribution >= 4 is 34.7 Å². The Balaban J connectivity index is 1.75. The van der Waals surface area contributed by atoms with Crippen molar-refractivity contribution in [3.05, 3.63) is 100 Å². The van der Waals surface area contributed by atoms with Crippen molar-refractivity contribution in [2.45, 2.75) is 6.54 Å². The standard InChI is InChI=1S/C24H18ClFN2O3/c1-31-20-5-3-2-4-19(20)27-22-21(16-8-10-17(25)11-9-16)23(29)28(24(22)30)14-15-6-12-18(26)13-7-15/h2-13,27H,14H2,1H3. The highest BCUT2D eigenvalue weighted by molar-refractivity contribution is 6.36. The van der Waals surface area contributed by atoms with E-state index in [1.165, 1.54) is 19.2 Å². The Bertz CT molecular complexity index is 1170. The summed E-state index contributed by atoms with van der Waals surface area (Å²) in [5, 5.41) is 3.60. The summed E-state index contributed by atoms with van der Waals surface area (Å²) in [4.78, 5) is 27.7. The molecule has 1 N–H and O–H groups in total. The number of nitrogens with one attached hydrogen (secondary N) is 1. The summed E-state index contributed by atoms with van der Waals surface area (Å²) >= 11 is 6.00. The van der Waals surface area contributed by atoms with Gasteiger partial charge in [-0.25, -0.2) is 4.39 Å². The number of anilines is 1. The molecule has 0 aliphatic carbocycles. The Hall–Kier alpha value is -3.64. The fraction of sp³-hybridized carbons (Fsp3) is 0.0833. The van der Waals surface area contributed by atoms with Gasteiger partial charge in [-0.15, -0.1) is 0 Å². The quantitative estimate of drug-likeness (QED) is 0.559. The van der Waals surface area contributed by atoms with Gasteiger partial charge in [0.2, 0.25) is 0 Å². The largest absolute Gasteiger partial charge is 0.495 e. The molecule has 7 heteroatoms. The van der Waals surface area contributed by atoms with Gasteiger partial charge in [-0.3, -0.25) is 14.5 Å². The van der Waals surface area contributed by atoms with E-state index in [9.17, 15) is 14.0 Å². The summed E-state index contributed by atoms with van der Waals surface area (Å²) in [5.41, 5.74) is 2.11. The van der Waals surface area contributed by atoms with Gasteiger partial charge in [0.15, 0.2) is 0 Å². The van der Waals surface area contributed by atoms with Crippen LogP contribution in [0.2, 0.25) is 5.02 Å². The van der Waals surface area contributed by atoms with Crippen LogP contribution in [-0.2, 0) is 16.1 Å². The number of benzene rings is 3. The van der Waals surface area contributed by atoms with Crippen molar-refractivity contribution < 1.29 is 18.7 Å². The van der Waals surface area contributed by atoms with Gasteiger partial charge in [-0.05, 0) is 47.5 Å². The van der Waals surface area contributed by atoms with Crippen LogP contribution in [0.5, 0.6) is 5.75 Å². The first-order valence-corrected chi connectivity index (χ1v) is 9.86. The molecule has 31 heavy (non-hydrogen) atoms. The van der Waals surface area contributed by atoms with E-state index in [0.29, 0.717) is 27.6 Å². The lowest BCUT2D eigenvalue weighted by Gasteiger charge is -2.16. The molecule has 0 saturated carbocycles. The molecule has 5 nitrogen and oxygen atoms in total. The van der Waals surface area contributed by atoms with Crippen LogP contribution in [0, 0.1) is 5.82 Å². The molecule has 1 aliphatic rings. The van der Waals surface area contributed by atoms with Crippen LogP contribution in [0.1, 0.15) is 11.1 Å². The fourth-order valence-corrected chi connectivity index (χ4v) is 3.50. The normalized spacial score (nSPS) is 13.7. The summed E-state index contributed by atoms with van der Waals surface area (Å²) in [6.45, 7) is 0.0200. The van der Waals surface area contributed by atoms with Crippen LogP contribution < -0.4 is 10.1 Å². The van der Waals surface area contributed by atoms with Gasteiger partial charge in [0.05, 0.1) is 24.9 Å². The van der Waals surface area contributed by atoms with E-state index in [4.69, 9.17) is 16.3 Å². The average Bonchev–Trinajstić information content (AvgIpc) is 3.00. The van der Waals surface area contributed by atoms with Crippen molar-refractivity contribution in [1.82, 2.24) is 4.90 Å². The van der Waals surface area contributed by atoms with Gasteiger partial charge < -0.3 is 10.1 Å². The minimum absolute atomic E-state index is 0.0200. The lowest BCUT2D eigenvalue weighted by molar-refractivity contribution is -0.137. The number of methoxy groups -OCH3 is 1. The third-order valence-corrected chi connectivity index (χ3v) is 5.17. The molecule has 0 spiro atoms. The van der Waals surface area contributed by atoms with E-state index in [-0.39, 0.29) is 23.6 Å². The van der Waals surface area contributed by atoms with Gasteiger partial charge in [0.1, 0.15) is 17.3 Å². The summed E-state index contributed by atoms with van der Waals surface area (Å²) in [6, 6.07) is 19.5. The number of carbonyl (C=O) groups is 2. The van der Waals surface area contributed by atoms with Gasteiger partial charge in [0.25, 0.3) is 11.8 Å². The second-order valence-electron chi connectivity index (χ2n) is 6.91. The van der Waals surface area contributed by atoms with Crippen molar-refractivity contribution in [3.63, 3.8) is 0 Å². The third kappa shape index (κ3) is 4.15. The smallest absolute Gasteiger partial charge is 0.278 e. The van der Waals surface area contributed by atoms with Gasteiger partial charge in [0, 0.05) is 5.02 Å². The Labute approximate surface area is 183 Å². The van der Waals surface area contributed by atoms with Crippen LogP contribution in [-0.4, -0.2) is 23.8 Å². The number of nitrogens with zero attached hydrogens (tertiary/aromatic N) is 1. The molecule has 0 saturated heterocycles. The molecule has 1 heterocycles. The number of rotatable bonds is 6. The van der Waals surface area contributed by atoms with Crippen LogP contribution in [0.3, 0.4) is 0 Å². The van der Waals surface area contributed by atoms with E-state index in [0.717, 1.165) is 4.90 Å².